The number of aryl methyl sites for hydroxylation is 1. The van der Waals surface area contributed by atoms with Gasteiger partial charge >= 0.3 is 5.89 Å². The third kappa shape index (κ3) is 5.39. The zero-order valence-electron chi connectivity index (χ0n) is 16.8. The molecule has 0 atom stereocenters. The fourth-order valence-corrected chi connectivity index (χ4v) is 3.89. The van der Waals surface area contributed by atoms with Crippen molar-refractivity contribution in [1.29, 1.82) is 0 Å². The molecule has 4 rings (SSSR count). The first kappa shape index (κ1) is 20.8. The van der Waals surface area contributed by atoms with E-state index in [9.17, 15) is 13.0 Å². The molecule has 1 aromatic heterocycles. The molecule has 3 aromatic carbocycles. The van der Waals surface area contributed by atoms with E-state index in [1.165, 1.54) is 0 Å². The largest absolute Gasteiger partial charge is 0.748 e. The number of hydrogen-bond acceptors (Lipinski definition) is 5. The average molecular weight is 435 g/mol. The summed E-state index contributed by atoms with van der Waals surface area (Å²) in [4.78, 5) is 0. The first-order valence-electron chi connectivity index (χ1n) is 9.93. The van der Waals surface area contributed by atoms with Gasteiger partial charge in [0, 0.05) is 30.1 Å². The van der Waals surface area contributed by atoms with E-state index in [0.717, 1.165) is 22.3 Å². The molecule has 0 aliphatic rings. The highest BCUT2D eigenvalue weighted by atomic mass is 32.2. The Morgan fingerprint density at radius 2 is 1.65 bits per heavy atom. The van der Waals surface area contributed by atoms with Crippen LogP contribution in [-0.4, -0.2) is 18.7 Å². The molecule has 6 nitrogen and oxygen atoms in total. The maximum absolute atomic E-state index is 11.1. The van der Waals surface area contributed by atoms with E-state index in [4.69, 9.17) is 4.42 Å². The van der Waals surface area contributed by atoms with Gasteiger partial charge in [0.25, 0.3) is 5.52 Å². The van der Waals surface area contributed by atoms with Gasteiger partial charge in [0.1, 0.15) is 0 Å². The van der Waals surface area contributed by atoms with Gasteiger partial charge in [-0.2, -0.15) is 4.57 Å². The van der Waals surface area contributed by atoms with E-state index in [2.05, 4.69) is 5.32 Å². The van der Waals surface area contributed by atoms with E-state index in [1.807, 2.05) is 83.4 Å². The molecule has 1 N–H and O–H groups in total. The van der Waals surface area contributed by atoms with Crippen molar-refractivity contribution < 1.29 is 22.0 Å². The summed E-state index contributed by atoms with van der Waals surface area (Å²) in [6.45, 7) is 0.345. The van der Waals surface area contributed by atoms with Gasteiger partial charge in [-0.15, -0.1) is 0 Å². The molecular formula is C24H22N2O4S. The molecule has 0 amide bonds. The first-order chi connectivity index (χ1) is 15.0. The molecule has 0 spiro atoms. The lowest BCUT2D eigenvalue weighted by molar-refractivity contribution is -0.677. The topological polar surface area (TPSA) is 86.2 Å². The fourth-order valence-electron chi connectivity index (χ4n) is 3.41. The number of benzene rings is 3. The second kappa shape index (κ2) is 9.16. The van der Waals surface area contributed by atoms with Crippen molar-refractivity contribution in [2.75, 3.05) is 11.1 Å². The van der Waals surface area contributed by atoms with E-state index in [-0.39, 0.29) is 6.42 Å². The van der Waals surface area contributed by atoms with Crippen LogP contribution in [0.5, 0.6) is 0 Å². The zero-order chi connectivity index (χ0) is 21.7. The molecule has 158 valence electrons. The number of hydrogen-bond donors (Lipinski definition) is 1. The standard InChI is InChI=1S/C24H22N2O4S/c27-31(28,29)17-7-16-26-22-18-20(19-8-3-1-4-9-19)12-13-23(22)30-24(26)14-15-25-21-10-5-2-6-11-21/h1-6,8-15,18H,7,16-17H2,(H,27,28,29). The Bertz CT molecular complexity index is 1300. The number of fused-ring (bicyclic) bond motifs is 1. The van der Waals surface area contributed by atoms with Gasteiger partial charge in [-0.3, -0.25) is 0 Å². The van der Waals surface area contributed by atoms with E-state index in [1.54, 1.807) is 12.3 Å². The van der Waals surface area contributed by atoms with Crippen LogP contribution >= 0.6 is 0 Å². The summed E-state index contributed by atoms with van der Waals surface area (Å²) >= 11 is 0. The maximum Gasteiger partial charge on any atom is 0.375 e. The molecule has 0 saturated carbocycles. The van der Waals surface area contributed by atoms with Crippen molar-refractivity contribution in [1.82, 2.24) is 0 Å². The second-order valence-corrected chi connectivity index (χ2v) is 8.62. The number of nitrogens with zero attached hydrogens (tertiary/aromatic N) is 1. The van der Waals surface area contributed by atoms with Crippen molar-refractivity contribution in [2.24, 2.45) is 0 Å². The van der Waals surface area contributed by atoms with Crippen molar-refractivity contribution in [3.63, 3.8) is 0 Å². The first-order valence-corrected chi connectivity index (χ1v) is 11.5. The van der Waals surface area contributed by atoms with Crippen LogP contribution in [0, 0.1) is 0 Å². The third-order valence-corrected chi connectivity index (χ3v) is 5.65. The van der Waals surface area contributed by atoms with Gasteiger partial charge in [0.05, 0.1) is 16.2 Å². The monoisotopic (exact) mass is 434 g/mol. The minimum atomic E-state index is -4.27. The van der Waals surface area contributed by atoms with Crippen LogP contribution in [0.3, 0.4) is 0 Å². The summed E-state index contributed by atoms with van der Waals surface area (Å²) < 4.78 is 41.1. The lowest BCUT2D eigenvalue weighted by Crippen LogP contribution is -2.36. The Kier molecular flexibility index (Phi) is 6.16. The number of anilines is 1. The van der Waals surface area contributed by atoms with Crippen LogP contribution in [0.2, 0.25) is 0 Å². The summed E-state index contributed by atoms with van der Waals surface area (Å²) in [5, 5.41) is 3.18. The molecule has 0 unspecified atom stereocenters. The molecule has 0 saturated heterocycles. The molecule has 0 bridgehead atoms. The average Bonchev–Trinajstić information content (AvgIpc) is 3.11. The van der Waals surface area contributed by atoms with Gasteiger partial charge in [0.2, 0.25) is 5.58 Å². The Balaban J connectivity index is 1.68. The summed E-state index contributed by atoms with van der Waals surface area (Å²) in [7, 11) is -4.27. The lowest BCUT2D eigenvalue weighted by atomic mass is 10.1. The quantitative estimate of drug-likeness (QED) is 0.328. The van der Waals surface area contributed by atoms with Gasteiger partial charge in [0.15, 0.2) is 6.54 Å². The molecule has 7 heteroatoms. The zero-order valence-corrected chi connectivity index (χ0v) is 17.6. The van der Waals surface area contributed by atoms with Crippen LogP contribution in [0.25, 0.3) is 28.3 Å². The molecule has 0 radical (unpaired) electrons. The second-order valence-electron chi connectivity index (χ2n) is 7.10. The Hall–Kier alpha value is -3.42. The van der Waals surface area contributed by atoms with Crippen LogP contribution < -0.4 is 9.88 Å². The van der Waals surface area contributed by atoms with Crippen molar-refractivity contribution in [3.8, 4) is 11.1 Å². The van der Waals surface area contributed by atoms with Crippen LogP contribution in [0.4, 0.5) is 5.69 Å². The number of nitrogens with one attached hydrogen (secondary N) is 1. The number of para-hydroxylation sites is 1. The molecule has 4 aromatic rings. The Labute approximate surface area is 181 Å². The molecule has 0 fully saturated rings. The molecule has 0 aliphatic heterocycles. The van der Waals surface area contributed by atoms with E-state index < -0.39 is 15.9 Å². The van der Waals surface area contributed by atoms with Crippen LogP contribution in [0.15, 0.2) is 89.5 Å². The fraction of sp³-hybridized carbons (Fsp3) is 0.125. The molecule has 1 heterocycles. The number of rotatable bonds is 8. The SMILES string of the molecule is O=S(=O)([O-])CCC[n+]1c(/C=C\Nc2ccccc2)oc2ccc(-c3ccccc3)cc21. The van der Waals surface area contributed by atoms with Crippen molar-refractivity contribution in [3.05, 3.63) is 91.0 Å². The summed E-state index contributed by atoms with van der Waals surface area (Å²) in [6.07, 6.45) is 3.76. The van der Waals surface area contributed by atoms with Crippen LogP contribution in [-0.2, 0) is 16.7 Å². The Morgan fingerprint density at radius 3 is 2.35 bits per heavy atom. The highest BCUT2D eigenvalue weighted by Crippen LogP contribution is 2.24. The molecule has 31 heavy (non-hydrogen) atoms. The van der Waals surface area contributed by atoms with E-state index in [0.29, 0.717) is 18.0 Å². The van der Waals surface area contributed by atoms with E-state index >= 15 is 0 Å². The van der Waals surface area contributed by atoms with Gasteiger partial charge in [-0.1, -0.05) is 54.6 Å². The predicted molar refractivity (Wildman–Crippen MR) is 120 cm³/mol. The predicted octanol–water partition coefficient (Wildman–Crippen LogP) is 4.41. The summed E-state index contributed by atoms with van der Waals surface area (Å²) in [5.74, 6) is 0.142. The maximum atomic E-state index is 11.1. The Morgan fingerprint density at radius 1 is 0.935 bits per heavy atom. The molecular weight excluding hydrogens is 412 g/mol. The normalized spacial score (nSPS) is 11.9. The lowest BCUT2D eigenvalue weighted by Gasteiger charge is -2.04. The minimum absolute atomic E-state index is 0.202. The summed E-state index contributed by atoms with van der Waals surface area (Å²) in [5.41, 5.74) is 4.55. The molecule has 0 aliphatic carbocycles. The highest BCUT2D eigenvalue weighted by Gasteiger charge is 2.21. The minimum Gasteiger partial charge on any atom is -0.748 e. The highest BCUT2D eigenvalue weighted by molar-refractivity contribution is 7.85. The van der Waals surface area contributed by atoms with Gasteiger partial charge in [-0.05, 0) is 29.3 Å². The number of oxazole rings is 1. The number of aromatic nitrogens is 1. The van der Waals surface area contributed by atoms with Crippen LogP contribution in [0.1, 0.15) is 12.3 Å². The van der Waals surface area contributed by atoms with Crippen molar-refractivity contribution >= 4 is 33.0 Å². The van der Waals surface area contributed by atoms with Gasteiger partial charge in [-0.25, -0.2) is 8.42 Å². The summed E-state index contributed by atoms with van der Waals surface area (Å²) in [6, 6.07) is 25.6. The van der Waals surface area contributed by atoms with Crippen molar-refractivity contribution in [2.45, 2.75) is 13.0 Å². The third-order valence-electron chi connectivity index (χ3n) is 4.86. The smallest absolute Gasteiger partial charge is 0.375 e. The van der Waals surface area contributed by atoms with Gasteiger partial charge < -0.3 is 14.3 Å².